The molecule has 0 atom stereocenters. The summed E-state index contributed by atoms with van der Waals surface area (Å²) >= 11 is 0. The molecule has 132 valence electrons. The molecule has 1 heterocycles. The lowest BCUT2D eigenvalue weighted by atomic mass is 10.0. The van der Waals surface area contributed by atoms with Gasteiger partial charge in [-0.15, -0.1) is 0 Å². The highest BCUT2D eigenvalue weighted by Gasteiger charge is 2.09. The molecule has 0 unspecified atom stereocenters. The molecule has 0 radical (unpaired) electrons. The van der Waals surface area contributed by atoms with Gasteiger partial charge < -0.3 is 5.32 Å². The molecule has 4 heteroatoms. The molecule has 1 aromatic heterocycles. The third-order valence-corrected chi connectivity index (χ3v) is 4.62. The van der Waals surface area contributed by atoms with Crippen molar-refractivity contribution >= 4 is 22.9 Å². The zero-order valence-electron chi connectivity index (χ0n) is 14.7. The highest BCUT2D eigenvalue weighted by atomic mass is 19.1. The predicted octanol–water partition coefficient (Wildman–Crippen LogP) is 5.56. The van der Waals surface area contributed by atoms with Crippen LogP contribution < -0.4 is 5.32 Å². The predicted molar refractivity (Wildman–Crippen MR) is 108 cm³/mol. The third-order valence-electron chi connectivity index (χ3n) is 4.62. The molecule has 0 saturated carbocycles. The number of nitrogens with one attached hydrogen (secondary N) is 1. The second-order valence-electron chi connectivity index (χ2n) is 6.28. The number of rotatable bonds is 4. The van der Waals surface area contributed by atoms with Crippen LogP contribution in [-0.2, 0) is 0 Å². The van der Waals surface area contributed by atoms with Crippen molar-refractivity contribution in [3.8, 4) is 22.4 Å². The van der Waals surface area contributed by atoms with Crippen LogP contribution in [0.25, 0.3) is 33.3 Å². The fourth-order valence-corrected chi connectivity index (χ4v) is 3.13. The number of halogens is 1. The van der Waals surface area contributed by atoms with Gasteiger partial charge in [0.1, 0.15) is 5.82 Å². The summed E-state index contributed by atoms with van der Waals surface area (Å²) in [4.78, 5) is 16.0. The van der Waals surface area contributed by atoms with Crippen molar-refractivity contribution < 1.29 is 9.18 Å². The minimum absolute atomic E-state index is 0.381. The molecule has 27 heavy (non-hydrogen) atoms. The zero-order valence-corrected chi connectivity index (χ0v) is 14.7. The molecule has 0 amide bonds. The van der Waals surface area contributed by atoms with Gasteiger partial charge in [-0.25, -0.2) is 9.37 Å². The average molecular weight is 356 g/mol. The van der Waals surface area contributed by atoms with E-state index >= 15 is 0 Å². The summed E-state index contributed by atoms with van der Waals surface area (Å²) in [6.07, 6.45) is 0.741. The summed E-state index contributed by atoms with van der Waals surface area (Å²) in [6.45, 7) is 0. The van der Waals surface area contributed by atoms with Gasteiger partial charge in [0.2, 0.25) is 0 Å². The number of carbonyl (C=O) groups is 1. The smallest absolute Gasteiger partial charge is 0.150 e. The first-order chi connectivity index (χ1) is 13.2. The molecule has 4 rings (SSSR count). The van der Waals surface area contributed by atoms with Crippen LogP contribution in [-0.4, -0.2) is 18.3 Å². The van der Waals surface area contributed by atoms with E-state index in [1.54, 1.807) is 12.1 Å². The Morgan fingerprint density at radius 3 is 2.11 bits per heavy atom. The molecule has 3 nitrogen and oxygen atoms in total. The largest absolute Gasteiger partial charge is 0.388 e. The lowest BCUT2D eigenvalue weighted by Gasteiger charge is -2.08. The molecule has 4 aromatic rings. The van der Waals surface area contributed by atoms with E-state index in [1.807, 2.05) is 43.4 Å². The van der Waals surface area contributed by atoms with E-state index in [2.05, 4.69) is 22.4 Å². The van der Waals surface area contributed by atoms with Gasteiger partial charge in [-0.3, -0.25) is 4.79 Å². The minimum atomic E-state index is -0.381. The van der Waals surface area contributed by atoms with Crippen LogP contribution >= 0.6 is 0 Å². The first-order valence-electron chi connectivity index (χ1n) is 8.62. The summed E-state index contributed by atoms with van der Waals surface area (Å²) in [5.74, 6) is -0.381. The van der Waals surface area contributed by atoms with Gasteiger partial charge in [0.05, 0.1) is 11.2 Å². The number of hydrogen-bond acceptors (Lipinski definition) is 3. The maximum Gasteiger partial charge on any atom is 0.150 e. The van der Waals surface area contributed by atoms with E-state index in [4.69, 9.17) is 0 Å². The van der Waals surface area contributed by atoms with Crippen molar-refractivity contribution in [2.75, 3.05) is 12.4 Å². The second kappa shape index (κ2) is 7.00. The lowest BCUT2D eigenvalue weighted by Crippen LogP contribution is -1.92. The topological polar surface area (TPSA) is 42.0 Å². The van der Waals surface area contributed by atoms with Gasteiger partial charge in [0.25, 0.3) is 0 Å². The Hall–Kier alpha value is -3.53. The van der Waals surface area contributed by atoms with Crippen LogP contribution in [0.15, 0.2) is 72.8 Å². The van der Waals surface area contributed by atoms with Crippen LogP contribution in [0.5, 0.6) is 0 Å². The summed E-state index contributed by atoms with van der Waals surface area (Å²) < 4.78 is 13.5. The molecule has 0 saturated heterocycles. The Kier molecular flexibility index (Phi) is 4.38. The van der Waals surface area contributed by atoms with Crippen LogP contribution in [0.4, 0.5) is 10.1 Å². The van der Waals surface area contributed by atoms with Gasteiger partial charge in [0, 0.05) is 29.2 Å². The van der Waals surface area contributed by atoms with Gasteiger partial charge in [-0.2, -0.15) is 0 Å². The summed E-state index contributed by atoms with van der Waals surface area (Å²) in [7, 11) is 1.89. The minimum Gasteiger partial charge on any atom is -0.388 e. The van der Waals surface area contributed by atoms with Crippen LogP contribution in [0.3, 0.4) is 0 Å². The molecule has 0 aliphatic carbocycles. The number of pyridine rings is 1. The zero-order chi connectivity index (χ0) is 18.8. The molecule has 0 aliphatic rings. The number of hydrogen-bond donors (Lipinski definition) is 1. The number of nitrogens with zero attached hydrogens (tertiary/aromatic N) is 1. The Morgan fingerprint density at radius 2 is 1.48 bits per heavy atom. The van der Waals surface area contributed by atoms with E-state index in [0.29, 0.717) is 22.2 Å². The number of benzene rings is 3. The maximum atomic E-state index is 13.5. The van der Waals surface area contributed by atoms with Gasteiger partial charge in [-0.1, -0.05) is 36.4 Å². The Balaban J connectivity index is 1.73. The molecule has 0 fully saturated rings. The first kappa shape index (κ1) is 16.9. The third kappa shape index (κ3) is 3.29. The average Bonchev–Trinajstić information content (AvgIpc) is 2.73. The number of carbonyl (C=O) groups excluding carboxylic acids is 1. The SMILES string of the molecule is CNc1ccc(-c2ccc(-c3cc(C=O)c4cc(F)ccc4n3)cc2)cc1. The molecular formula is C23H17FN2O. The normalized spacial score (nSPS) is 10.7. The number of aldehydes is 1. The summed E-state index contributed by atoms with van der Waals surface area (Å²) in [5, 5.41) is 3.63. The van der Waals surface area contributed by atoms with Crippen molar-refractivity contribution in [2.24, 2.45) is 0 Å². The van der Waals surface area contributed by atoms with Crippen molar-refractivity contribution in [3.63, 3.8) is 0 Å². The highest BCUT2D eigenvalue weighted by Crippen LogP contribution is 2.28. The fourth-order valence-electron chi connectivity index (χ4n) is 3.13. The van der Waals surface area contributed by atoms with E-state index < -0.39 is 0 Å². The fraction of sp³-hybridized carbons (Fsp3) is 0.0435. The molecule has 1 N–H and O–H groups in total. The van der Waals surface area contributed by atoms with E-state index in [1.165, 1.54) is 12.1 Å². The monoisotopic (exact) mass is 356 g/mol. The van der Waals surface area contributed by atoms with Crippen molar-refractivity contribution in [3.05, 3.63) is 84.2 Å². The van der Waals surface area contributed by atoms with Crippen LogP contribution in [0, 0.1) is 5.82 Å². The molecular weight excluding hydrogens is 339 g/mol. The van der Waals surface area contributed by atoms with E-state index in [9.17, 15) is 9.18 Å². The summed E-state index contributed by atoms with van der Waals surface area (Å²) in [6, 6.07) is 22.2. The van der Waals surface area contributed by atoms with Gasteiger partial charge in [-0.05, 0) is 47.5 Å². The van der Waals surface area contributed by atoms with Gasteiger partial charge >= 0.3 is 0 Å². The standard InChI is InChI=1S/C23H17FN2O/c1-25-20-9-6-16(7-10-20)15-2-4-17(5-3-15)23-12-18(14-27)21-13-19(24)8-11-22(21)26-23/h2-14,25H,1H3. The van der Waals surface area contributed by atoms with Crippen molar-refractivity contribution in [1.29, 1.82) is 0 Å². The van der Waals surface area contributed by atoms with Crippen LogP contribution in [0.2, 0.25) is 0 Å². The Morgan fingerprint density at radius 1 is 0.852 bits per heavy atom. The number of fused-ring (bicyclic) bond motifs is 1. The van der Waals surface area contributed by atoms with Crippen molar-refractivity contribution in [2.45, 2.75) is 0 Å². The number of anilines is 1. The molecule has 0 bridgehead atoms. The van der Waals surface area contributed by atoms with Gasteiger partial charge in [0.15, 0.2) is 6.29 Å². The summed E-state index contributed by atoms with van der Waals surface area (Å²) in [5.41, 5.74) is 5.90. The van der Waals surface area contributed by atoms with E-state index in [0.717, 1.165) is 28.7 Å². The highest BCUT2D eigenvalue weighted by molar-refractivity contribution is 5.98. The molecule has 0 spiro atoms. The Bertz CT molecular complexity index is 1120. The molecule has 3 aromatic carbocycles. The van der Waals surface area contributed by atoms with Crippen LogP contribution in [0.1, 0.15) is 10.4 Å². The Labute approximate surface area is 156 Å². The van der Waals surface area contributed by atoms with E-state index in [-0.39, 0.29) is 5.82 Å². The number of aromatic nitrogens is 1. The lowest BCUT2D eigenvalue weighted by molar-refractivity contribution is 0.112. The maximum absolute atomic E-state index is 13.5. The van der Waals surface area contributed by atoms with Crippen molar-refractivity contribution in [1.82, 2.24) is 4.98 Å². The first-order valence-corrected chi connectivity index (χ1v) is 8.62. The quantitative estimate of drug-likeness (QED) is 0.487. The molecule has 0 aliphatic heterocycles. The second-order valence-corrected chi connectivity index (χ2v) is 6.28.